The molecule has 0 bridgehead atoms. The van der Waals surface area contributed by atoms with E-state index >= 15 is 0 Å². The van der Waals surface area contributed by atoms with Crippen LogP contribution in [0.25, 0.3) is 0 Å². The lowest BCUT2D eigenvalue weighted by Gasteiger charge is -2.37. The van der Waals surface area contributed by atoms with Crippen molar-refractivity contribution >= 4 is 27.4 Å². The molecule has 2 aliphatic rings. The minimum atomic E-state index is -3.44. The molecular formula is C22H29N5O3S. The molecule has 0 saturated carbocycles. The first-order valence-corrected chi connectivity index (χ1v) is 12.2. The number of rotatable bonds is 6. The number of pyridine rings is 1. The molecule has 166 valence electrons. The quantitative estimate of drug-likeness (QED) is 0.735. The van der Waals surface area contributed by atoms with Gasteiger partial charge in [-0.1, -0.05) is 6.07 Å². The van der Waals surface area contributed by atoms with Crippen molar-refractivity contribution < 1.29 is 13.2 Å². The third kappa shape index (κ3) is 4.89. The Morgan fingerprint density at radius 2 is 1.65 bits per heavy atom. The largest absolute Gasteiger partial charge is 0.354 e. The Labute approximate surface area is 183 Å². The normalized spacial score (nSPS) is 19.3. The number of hydrogen-bond donors (Lipinski definition) is 1. The van der Waals surface area contributed by atoms with Gasteiger partial charge < -0.3 is 10.2 Å². The number of nitrogens with zero attached hydrogens (tertiary/aromatic N) is 4. The molecule has 3 heterocycles. The SMILES string of the molecule is C[C@H](C(=O)Nc1ccc(S(=O)(=O)N2CCCC2)cc1)N1CCN(c2ccccn2)CC1. The Bertz CT molecular complexity index is 984. The molecule has 1 N–H and O–H groups in total. The Kier molecular flexibility index (Phi) is 6.54. The van der Waals surface area contributed by atoms with Gasteiger partial charge in [0.15, 0.2) is 0 Å². The summed E-state index contributed by atoms with van der Waals surface area (Å²) in [7, 11) is -3.44. The van der Waals surface area contributed by atoms with Crippen molar-refractivity contribution in [1.29, 1.82) is 0 Å². The average Bonchev–Trinajstić information content (AvgIpc) is 3.36. The number of sulfonamides is 1. The molecule has 2 saturated heterocycles. The molecule has 9 heteroatoms. The van der Waals surface area contributed by atoms with Crippen molar-refractivity contribution in [2.24, 2.45) is 0 Å². The fourth-order valence-corrected chi connectivity index (χ4v) is 5.60. The first-order valence-electron chi connectivity index (χ1n) is 10.8. The highest BCUT2D eigenvalue weighted by Crippen LogP contribution is 2.22. The van der Waals surface area contributed by atoms with E-state index in [0.717, 1.165) is 44.8 Å². The van der Waals surface area contributed by atoms with Gasteiger partial charge in [-0.15, -0.1) is 0 Å². The van der Waals surface area contributed by atoms with Crippen LogP contribution < -0.4 is 10.2 Å². The predicted molar refractivity (Wildman–Crippen MR) is 121 cm³/mol. The van der Waals surface area contributed by atoms with E-state index in [1.54, 1.807) is 30.5 Å². The summed E-state index contributed by atoms with van der Waals surface area (Å²) in [6, 6.07) is 12.1. The minimum Gasteiger partial charge on any atom is -0.354 e. The molecule has 0 aliphatic carbocycles. The first-order chi connectivity index (χ1) is 14.9. The summed E-state index contributed by atoms with van der Waals surface area (Å²) in [4.78, 5) is 21.8. The molecule has 1 aromatic heterocycles. The second-order valence-corrected chi connectivity index (χ2v) is 9.95. The Balaban J connectivity index is 1.32. The van der Waals surface area contributed by atoms with Gasteiger partial charge in [0.25, 0.3) is 0 Å². The molecule has 2 aromatic rings. The molecule has 0 radical (unpaired) electrons. The van der Waals surface area contributed by atoms with Crippen molar-refractivity contribution in [3.05, 3.63) is 48.7 Å². The third-order valence-electron chi connectivity index (χ3n) is 6.04. The highest BCUT2D eigenvalue weighted by atomic mass is 32.2. The maximum absolute atomic E-state index is 12.7. The first kappa shape index (κ1) is 21.7. The molecule has 2 aliphatic heterocycles. The van der Waals surface area contributed by atoms with Crippen LogP contribution in [-0.2, 0) is 14.8 Å². The van der Waals surface area contributed by atoms with Crippen LogP contribution in [0.15, 0.2) is 53.6 Å². The highest BCUT2D eigenvalue weighted by molar-refractivity contribution is 7.89. The lowest BCUT2D eigenvalue weighted by Crippen LogP contribution is -2.53. The predicted octanol–water partition coefficient (Wildman–Crippen LogP) is 2.02. The molecule has 31 heavy (non-hydrogen) atoms. The van der Waals surface area contributed by atoms with Gasteiger partial charge in [-0.3, -0.25) is 9.69 Å². The molecule has 1 atom stereocenters. The molecule has 0 unspecified atom stereocenters. The number of hydrogen-bond acceptors (Lipinski definition) is 6. The topological polar surface area (TPSA) is 85.8 Å². The maximum atomic E-state index is 12.7. The van der Waals surface area contributed by atoms with Crippen molar-refractivity contribution in [2.75, 3.05) is 49.5 Å². The number of aromatic nitrogens is 1. The summed E-state index contributed by atoms with van der Waals surface area (Å²) >= 11 is 0. The summed E-state index contributed by atoms with van der Waals surface area (Å²) in [6.07, 6.45) is 3.60. The Hall–Kier alpha value is -2.49. The number of benzene rings is 1. The number of amides is 1. The van der Waals surface area contributed by atoms with Crippen LogP contribution in [0.2, 0.25) is 0 Å². The zero-order valence-electron chi connectivity index (χ0n) is 17.8. The van der Waals surface area contributed by atoms with Crippen LogP contribution in [0.5, 0.6) is 0 Å². The van der Waals surface area contributed by atoms with Crippen LogP contribution in [0.4, 0.5) is 11.5 Å². The second kappa shape index (κ2) is 9.33. The summed E-state index contributed by atoms with van der Waals surface area (Å²) in [6.45, 7) is 6.24. The number of carbonyl (C=O) groups is 1. The van der Waals surface area contributed by atoms with E-state index in [-0.39, 0.29) is 16.8 Å². The van der Waals surface area contributed by atoms with Gasteiger partial charge in [-0.25, -0.2) is 13.4 Å². The van der Waals surface area contributed by atoms with Crippen LogP contribution in [0, 0.1) is 0 Å². The smallest absolute Gasteiger partial charge is 0.243 e. The summed E-state index contributed by atoms with van der Waals surface area (Å²) < 4.78 is 26.8. The van der Waals surface area contributed by atoms with Crippen molar-refractivity contribution in [2.45, 2.75) is 30.7 Å². The van der Waals surface area contributed by atoms with E-state index in [4.69, 9.17) is 0 Å². The van der Waals surface area contributed by atoms with Gasteiger partial charge in [0.1, 0.15) is 5.82 Å². The molecule has 1 amide bonds. The number of piperazine rings is 1. The zero-order valence-corrected chi connectivity index (χ0v) is 18.6. The van der Waals surface area contributed by atoms with Crippen molar-refractivity contribution in [3.8, 4) is 0 Å². The van der Waals surface area contributed by atoms with Gasteiger partial charge in [-0.2, -0.15) is 4.31 Å². The van der Waals surface area contributed by atoms with E-state index in [0.29, 0.717) is 18.8 Å². The average molecular weight is 444 g/mol. The van der Waals surface area contributed by atoms with Gasteiger partial charge in [0, 0.05) is 51.2 Å². The van der Waals surface area contributed by atoms with E-state index in [9.17, 15) is 13.2 Å². The van der Waals surface area contributed by atoms with Crippen molar-refractivity contribution in [3.63, 3.8) is 0 Å². The van der Waals surface area contributed by atoms with Gasteiger partial charge in [-0.05, 0) is 56.2 Å². The van der Waals surface area contributed by atoms with Crippen LogP contribution >= 0.6 is 0 Å². The molecule has 0 spiro atoms. The van der Waals surface area contributed by atoms with Gasteiger partial charge in [0.2, 0.25) is 15.9 Å². The highest BCUT2D eigenvalue weighted by Gasteiger charge is 2.28. The molecule has 2 fully saturated rings. The zero-order chi connectivity index (χ0) is 21.8. The summed E-state index contributed by atoms with van der Waals surface area (Å²) in [5.41, 5.74) is 0.601. The Morgan fingerprint density at radius 3 is 2.26 bits per heavy atom. The van der Waals surface area contributed by atoms with Crippen LogP contribution in [0.1, 0.15) is 19.8 Å². The van der Waals surface area contributed by atoms with E-state index in [1.165, 1.54) is 4.31 Å². The number of carbonyl (C=O) groups excluding carboxylic acids is 1. The standard InChI is InChI=1S/C22H29N5O3S/c1-18(25-14-16-26(17-15-25)21-6-2-3-11-23-21)22(28)24-19-7-9-20(10-8-19)31(29,30)27-12-4-5-13-27/h2-3,6-11,18H,4-5,12-17H2,1H3,(H,24,28)/t18-/m1/s1. The summed E-state index contributed by atoms with van der Waals surface area (Å²) in [5.74, 6) is 0.865. The molecule has 1 aromatic carbocycles. The fourth-order valence-electron chi connectivity index (χ4n) is 4.08. The lowest BCUT2D eigenvalue weighted by molar-refractivity contribution is -0.120. The molecular weight excluding hydrogens is 414 g/mol. The maximum Gasteiger partial charge on any atom is 0.243 e. The second-order valence-electron chi connectivity index (χ2n) is 8.01. The van der Waals surface area contributed by atoms with E-state index in [1.807, 2.05) is 25.1 Å². The molecule has 8 nitrogen and oxygen atoms in total. The fraction of sp³-hybridized carbons (Fsp3) is 0.455. The lowest BCUT2D eigenvalue weighted by atomic mass is 10.2. The molecule has 4 rings (SSSR count). The Morgan fingerprint density at radius 1 is 0.968 bits per heavy atom. The van der Waals surface area contributed by atoms with Gasteiger partial charge >= 0.3 is 0 Å². The summed E-state index contributed by atoms with van der Waals surface area (Å²) in [5, 5.41) is 2.92. The van der Waals surface area contributed by atoms with E-state index < -0.39 is 10.0 Å². The number of nitrogens with one attached hydrogen (secondary N) is 1. The monoisotopic (exact) mass is 443 g/mol. The van der Waals surface area contributed by atoms with Gasteiger partial charge in [0.05, 0.1) is 10.9 Å². The van der Waals surface area contributed by atoms with E-state index in [2.05, 4.69) is 20.1 Å². The number of anilines is 2. The van der Waals surface area contributed by atoms with Crippen molar-refractivity contribution in [1.82, 2.24) is 14.2 Å². The third-order valence-corrected chi connectivity index (χ3v) is 7.95. The van der Waals surface area contributed by atoms with Crippen LogP contribution in [-0.4, -0.2) is 73.8 Å². The minimum absolute atomic E-state index is 0.0959. The van der Waals surface area contributed by atoms with Crippen LogP contribution in [0.3, 0.4) is 0 Å².